The van der Waals surface area contributed by atoms with Gasteiger partial charge in [0.25, 0.3) is 0 Å². The molecule has 1 N–H and O–H groups in total. The lowest BCUT2D eigenvalue weighted by Crippen LogP contribution is -2.14. The van der Waals surface area contributed by atoms with Gasteiger partial charge in [-0.25, -0.2) is 0 Å². The first-order valence-corrected chi connectivity index (χ1v) is 9.36. The molecule has 3 nitrogen and oxygen atoms in total. The van der Waals surface area contributed by atoms with Crippen molar-refractivity contribution in [3.05, 3.63) is 58.6 Å². The third-order valence-electron chi connectivity index (χ3n) is 2.90. The van der Waals surface area contributed by atoms with Crippen molar-refractivity contribution in [3.63, 3.8) is 0 Å². The lowest BCUT2D eigenvalue weighted by atomic mass is 10.2. The highest BCUT2D eigenvalue weighted by Crippen LogP contribution is 2.20. The monoisotopic (exact) mass is 393 g/mol. The Morgan fingerprint density at radius 3 is 2.65 bits per heavy atom. The van der Waals surface area contributed by atoms with E-state index in [9.17, 15) is 4.79 Å². The third-order valence-corrected chi connectivity index (χ3v) is 4.44. The van der Waals surface area contributed by atoms with Crippen molar-refractivity contribution in [2.24, 2.45) is 0 Å². The minimum atomic E-state index is -0.00573. The molecule has 0 radical (unpaired) electrons. The van der Waals surface area contributed by atoms with Gasteiger partial charge < -0.3 is 10.1 Å². The molecule has 0 atom stereocenters. The summed E-state index contributed by atoms with van der Waals surface area (Å²) in [4.78, 5) is 12.0. The lowest BCUT2D eigenvalue weighted by molar-refractivity contribution is -0.113. The van der Waals surface area contributed by atoms with Crippen LogP contribution in [0.3, 0.4) is 0 Å². The first-order valence-electron chi connectivity index (χ1n) is 7.41. The number of ether oxygens (including phenoxy) is 1. The molecule has 0 unspecified atom stereocenters. The Morgan fingerprint density at radius 2 is 1.96 bits per heavy atom. The van der Waals surface area contributed by atoms with Crippen LogP contribution in [-0.2, 0) is 10.5 Å². The normalized spacial score (nSPS) is 10.6. The van der Waals surface area contributed by atoms with E-state index in [4.69, 9.17) is 4.74 Å². The van der Waals surface area contributed by atoms with Crippen molar-refractivity contribution in [2.45, 2.75) is 25.7 Å². The Bertz CT molecular complexity index is 644. The molecule has 0 aliphatic rings. The molecule has 0 fully saturated rings. The average Bonchev–Trinajstić information content (AvgIpc) is 2.49. The summed E-state index contributed by atoms with van der Waals surface area (Å²) in [6, 6.07) is 15.6. The Balaban J connectivity index is 1.79. The van der Waals surface area contributed by atoms with Crippen molar-refractivity contribution >= 4 is 39.3 Å². The summed E-state index contributed by atoms with van der Waals surface area (Å²) in [7, 11) is 0. The molecule has 0 aliphatic carbocycles. The zero-order chi connectivity index (χ0) is 16.7. The Morgan fingerprint density at radius 1 is 1.22 bits per heavy atom. The molecule has 0 heterocycles. The molecule has 0 saturated heterocycles. The van der Waals surface area contributed by atoms with E-state index in [1.165, 1.54) is 5.56 Å². The van der Waals surface area contributed by atoms with Gasteiger partial charge in [0, 0.05) is 22.0 Å². The standard InChI is InChI=1S/C18H20BrNO2S/c1-13(2)22-17-5-3-4-16(10-17)20-18(21)12-23-11-14-6-8-15(19)9-7-14/h3-10,13H,11-12H2,1-2H3,(H,20,21). The molecular formula is C18H20BrNO2S. The van der Waals surface area contributed by atoms with E-state index < -0.39 is 0 Å². The van der Waals surface area contributed by atoms with Crippen LogP contribution in [0.1, 0.15) is 19.4 Å². The second kappa shape index (κ2) is 8.99. The summed E-state index contributed by atoms with van der Waals surface area (Å²) in [5.41, 5.74) is 1.97. The van der Waals surface area contributed by atoms with E-state index in [-0.39, 0.29) is 12.0 Å². The van der Waals surface area contributed by atoms with Crippen LogP contribution >= 0.6 is 27.7 Å². The predicted octanol–water partition coefficient (Wildman–Crippen LogP) is 5.11. The van der Waals surface area contributed by atoms with Gasteiger partial charge in [0.1, 0.15) is 5.75 Å². The summed E-state index contributed by atoms with van der Waals surface area (Å²) in [6.07, 6.45) is 0.113. The molecule has 0 aromatic heterocycles. The van der Waals surface area contributed by atoms with Gasteiger partial charge in [0.15, 0.2) is 0 Å². The van der Waals surface area contributed by atoms with Gasteiger partial charge in [-0.3, -0.25) is 4.79 Å². The van der Waals surface area contributed by atoms with Crippen LogP contribution in [0.25, 0.3) is 0 Å². The van der Waals surface area contributed by atoms with Gasteiger partial charge in [-0.1, -0.05) is 34.1 Å². The molecule has 122 valence electrons. The summed E-state index contributed by atoms with van der Waals surface area (Å²) >= 11 is 5.01. The van der Waals surface area contributed by atoms with E-state index in [1.54, 1.807) is 11.8 Å². The van der Waals surface area contributed by atoms with Crippen LogP contribution in [0.2, 0.25) is 0 Å². The molecule has 23 heavy (non-hydrogen) atoms. The number of benzene rings is 2. The van der Waals surface area contributed by atoms with Crippen LogP contribution in [0, 0.1) is 0 Å². The Kier molecular flexibility index (Phi) is 6.99. The van der Waals surface area contributed by atoms with Gasteiger partial charge in [-0.2, -0.15) is 0 Å². The van der Waals surface area contributed by atoms with Crippen LogP contribution in [0.5, 0.6) is 5.75 Å². The van der Waals surface area contributed by atoms with Crippen LogP contribution in [0.15, 0.2) is 53.0 Å². The molecule has 0 bridgehead atoms. The molecular weight excluding hydrogens is 374 g/mol. The highest BCUT2D eigenvalue weighted by atomic mass is 79.9. The van der Waals surface area contributed by atoms with Gasteiger partial charge in [0.05, 0.1) is 11.9 Å². The van der Waals surface area contributed by atoms with E-state index in [1.807, 2.05) is 50.2 Å². The first kappa shape index (κ1) is 17.9. The first-order chi connectivity index (χ1) is 11.0. The predicted molar refractivity (Wildman–Crippen MR) is 101 cm³/mol. The second-order valence-corrected chi connectivity index (χ2v) is 7.26. The number of hydrogen-bond acceptors (Lipinski definition) is 3. The largest absolute Gasteiger partial charge is 0.491 e. The maximum atomic E-state index is 12.0. The Hall–Kier alpha value is -1.46. The molecule has 0 saturated carbocycles. The number of rotatable bonds is 7. The zero-order valence-corrected chi connectivity index (χ0v) is 15.6. The molecule has 0 spiro atoms. The van der Waals surface area contributed by atoms with Crippen molar-refractivity contribution in [3.8, 4) is 5.75 Å². The average molecular weight is 394 g/mol. The number of halogens is 1. The smallest absolute Gasteiger partial charge is 0.234 e. The minimum absolute atomic E-state index is 0.00573. The van der Waals surface area contributed by atoms with Crippen LogP contribution in [-0.4, -0.2) is 17.8 Å². The Labute approximate surface area is 149 Å². The van der Waals surface area contributed by atoms with Crippen molar-refractivity contribution < 1.29 is 9.53 Å². The maximum absolute atomic E-state index is 12.0. The zero-order valence-electron chi connectivity index (χ0n) is 13.2. The number of carbonyl (C=O) groups excluding carboxylic acids is 1. The number of thioether (sulfide) groups is 1. The quantitative estimate of drug-likeness (QED) is 0.710. The fraction of sp³-hybridized carbons (Fsp3) is 0.278. The van der Waals surface area contributed by atoms with Gasteiger partial charge in [0.2, 0.25) is 5.91 Å². The fourth-order valence-electron chi connectivity index (χ4n) is 1.96. The lowest BCUT2D eigenvalue weighted by Gasteiger charge is -2.11. The summed E-state index contributed by atoms with van der Waals surface area (Å²) in [5, 5.41) is 2.90. The van der Waals surface area contributed by atoms with Crippen molar-refractivity contribution in [1.29, 1.82) is 0 Å². The van der Waals surface area contributed by atoms with Gasteiger partial charge >= 0.3 is 0 Å². The van der Waals surface area contributed by atoms with Crippen LogP contribution < -0.4 is 10.1 Å². The number of carbonyl (C=O) groups is 1. The van der Waals surface area contributed by atoms with Crippen molar-refractivity contribution in [2.75, 3.05) is 11.1 Å². The third kappa shape index (κ3) is 6.67. The fourth-order valence-corrected chi connectivity index (χ4v) is 3.01. The molecule has 0 aliphatic heterocycles. The van der Waals surface area contributed by atoms with E-state index in [0.29, 0.717) is 5.75 Å². The number of amides is 1. The molecule has 2 aromatic carbocycles. The highest BCUT2D eigenvalue weighted by molar-refractivity contribution is 9.10. The minimum Gasteiger partial charge on any atom is -0.491 e. The second-order valence-electron chi connectivity index (χ2n) is 5.36. The van der Waals surface area contributed by atoms with Crippen molar-refractivity contribution in [1.82, 2.24) is 0 Å². The summed E-state index contributed by atoms with van der Waals surface area (Å²) < 4.78 is 6.69. The summed E-state index contributed by atoms with van der Waals surface area (Å²) in [6.45, 7) is 3.95. The molecule has 1 amide bonds. The maximum Gasteiger partial charge on any atom is 0.234 e. The van der Waals surface area contributed by atoms with E-state index in [2.05, 4.69) is 33.4 Å². The number of nitrogens with one attached hydrogen (secondary N) is 1. The van der Waals surface area contributed by atoms with E-state index in [0.717, 1.165) is 21.7 Å². The number of anilines is 1. The van der Waals surface area contributed by atoms with Gasteiger partial charge in [-0.05, 0) is 43.7 Å². The highest BCUT2D eigenvalue weighted by Gasteiger charge is 2.05. The number of hydrogen-bond donors (Lipinski definition) is 1. The molecule has 5 heteroatoms. The summed E-state index contributed by atoms with van der Waals surface area (Å²) in [5.74, 6) is 2.00. The molecule has 2 rings (SSSR count). The van der Waals surface area contributed by atoms with E-state index >= 15 is 0 Å². The van der Waals surface area contributed by atoms with Crippen LogP contribution in [0.4, 0.5) is 5.69 Å². The van der Waals surface area contributed by atoms with Gasteiger partial charge in [-0.15, -0.1) is 11.8 Å². The topological polar surface area (TPSA) is 38.3 Å². The molecule has 2 aromatic rings. The SMILES string of the molecule is CC(C)Oc1cccc(NC(=O)CSCc2ccc(Br)cc2)c1.